The summed E-state index contributed by atoms with van der Waals surface area (Å²) in [4.78, 5) is 23.5. The fraction of sp³-hybridized carbons (Fsp3) is 0.467. The number of carboxylic acid groups (broad SMARTS) is 1. The number of hydrogen-bond acceptors (Lipinski definition) is 3. The summed E-state index contributed by atoms with van der Waals surface area (Å²) in [5.74, 6) is -1.37. The van der Waals surface area contributed by atoms with Crippen LogP contribution in [-0.4, -0.2) is 34.0 Å². The zero-order valence-corrected chi connectivity index (χ0v) is 13.2. The van der Waals surface area contributed by atoms with Crippen molar-refractivity contribution >= 4 is 23.6 Å². The highest BCUT2D eigenvalue weighted by molar-refractivity contribution is 7.99. The molecule has 2 N–H and O–H groups in total. The zero-order chi connectivity index (χ0) is 18.0. The SMILES string of the molecule is O=C(NC1(C(=O)O)CCSCC1)C(F)c1ccc(C(F)(F)F)cc1. The quantitative estimate of drug-likeness (QED) is 0.805. The second-order valence-electron chi connectivity index (χ2n) is 5.47. The summed E-state index contributed by atoms with van der Waals surface area (Å²) < 4.78 is 51.7. The van der Waals surface area contributed by atoms with Crippen LogP contribution in [0.2, 0.25) is 0 Å². The van der Waals surface area contributed by atoms with Crippen LogP contribution in [0.3, 0.4) is 0 Å². The van der Waals surface area contributed by atoms with Gasteiger partial charge in [0.05, 0.1) is 5.56 Å². The van der Waals surface area contributed by atoms with Gasteiger partial charge in [0.1, 0.15) is 5.54 Å². The molecule has 1 amide bonds. The topological polar surface area (TPSA) is 66.4 Å². The Morgan fingerprint density at radius 3 is 2.17 bits per heavy atom. The fourth-order valence-electron chi connectivity index (χ4n) is 2.40. The number of carbonyl (C=O) groups excluding carboxylic acids is 1. The van der Waals surface area contributed by atoms with E-state index in [1.165, 1.54) is 11.8 Å². The number of halogens is 4. The summed E-state index contributed by atoms with van der Waals surface area (Å²) in [5, 5.41) is 11.6. The standard InChI is InChI=1S/C15H15F4NO3S/c16-11(9-1-3-10(4-2-9)15(17,18)19)12(21)20-14(13(22)23)5-7-24-8-6-14/h1-4,11H,5-8H2,(H,20,21)(H,22,23). The number of rotatable bonds is 4. The van der Waals surface area contributed by atoms with Crippen molar-refractivity contribution in [3.8, 4) is 0 Å². The van der Waals surface area contributed by atoms with Gasteiger partial charge in [0, 0.05) is 0 Å². The Balaban J connectivity index is 2.12. The molecule has 4 nitrogen and oxygen atoms in total. The van der Waals surface area contributed by atoms with Crippen molar-refractivity contribution in [2.45, 2.75) is 30.7 Å². The number of carbonyl (C=O) groups is 2. The van der Waals surface area contributed by atoms with Crippen LogP contribution in [0.15, 0.2) is 24.3 Å². The number of benzene rings is 1. The maximum atomic E-state index is 14.3. The number of nitrogens with one attached hydrogen (secondary N) is 1. The normalized spacial score (nSPS) is 18.7. The smallest absolute Gasteiger partial charge is 0.416 e. The molecular weight excluding hydrogens is 350 g/mol. The summed E-state index contributed by atoms with van der Waals surface area (Å²) in [5.41, 5.74) is -2.74. The first-order valence-corrected chi connectivity index (χ1v) is 8.25. The van der Waals surface area contributed by atoms with Gasteiger partial charge in [-0.2, -0.15) is 24.9 Å². The first-order chi connectivity index (χ1) is 11.2. The summed E-state index contributed by atoms with van der Waals surface area (Å²) in [6.07, 6.45) is -6.46. The van der Waals surface area contributed by atoms with Gasteiger partial charge in [-0.3, -0.25) is 4.79 Å². The molecule has 0 aliphatic carbocycles. The van der Waals surface area contributed by atoms with E-state index in [9.17, 15) is 32.3 Å². The van der Waals surface area contributed by atoms with E-state index in [1.54, 1.807) is 0 Å². The lowest BCUT2D eigenvalue weighted by Gasteiger charge is -2.34. The van der Waals surface area contributed by atoms with Gasteiger partial charge in [0.15, 0.2) is 0 Å². The molecular formula is C15H15F4NO3S. The highest BCUT2D eigenvalue weighted by atomic mass is 32.2. The predicted molar refractivity (Wildman–Crippen MR) is 80.4 cm³/mol. The molecule has 132 valence electrons. The van der Waals surface area contributed by atoms with Gasteiger partial charge in [-0.15, -0.1) is 0 Å². The third-order valence-electron chi connectivity index (χ3n) is 3.88. The Morgan fingerprint density at radius 2 is 1.71 bits per heavy atom. The molecule has 0 bridgehead atoms. The van der Waals surface area contributed by atoms with Gasteiger partial charge < -0.3 is 10.4 Å². The zero-order valence-electron chi connectivity index (χ0n) is 12.4. The number of thioether (sulfide) groups is 1. The largest absolute Gasteiger partial charge is 0.480 e. The molecule has 0 spiro atoms. The van der Waals surface area contributed by atoms with Crippen molar-refractivity contribution in [2.24, 2.45) is 0 Å². The Bertz CT molecular complexity index is 612. The van der Waals surface area contributed by atoms with E-state index >= 15 is 0 Å². The number of hydrogen-bond donors (Lipinski definition) is 2. The molecule has 1 aliphatic rings. The number of amides is 1. The maximum Gasteiger partial charge on any atom is 0.416 e. The lowest BCUT2D eigenvalue weighted by molar-refractivity contribution is -0.149. The van der Waals surface area contributed by atoms with Gasteiger partial charge >= 0.3 is 12.1 Å². The van der Waals surface area contributed by atoms with E-state index in [2.05, 4.69) is 5.32 Å². The number of alkyl halides is 4. The van der Waals surface area contributed by atoms with Crippen molar-refractivity contribution in [2.75, 3.05) is 11.5 Å². The molecule has 9 heteroatoms. The minimum atomic E-state index is -4.56. The number of aliphatic carboxylic acids is 1. The van der Waals surface area contributed by atoms with Crippen molar-refractivity contribution < 1.29 is 32.3 Å². The summed E-state index contributed by atoms with van der Waals surface area (Å²) in [7, 11) is 0. The molecule has 1 atom stereocenters. The average Bonchev–Trinajstić information content (AvgIpc) is 2.54. The molecule has 1 saturated heterocycles. The van der Waals surface area contributed by atoms with Crippen molar-refractivity contribution in [1.29, 1.82) is 0 Å². The molecule has 0 radical (unpaired) electrons. The summed E-state index contributed by atoms with van der Waals surface area (Å²) in [6, 6.07) is 3.10. The average molecular weight is 365 g/mol. The molecule has 24 heavy (non-hydrogen) atoms. The molecule has 1 aliphatic heterocycles. The molecule has 0 aromatic heterocycles. The van der Waals surface area contributed by atoms with Crippen molar-refractivity contribution in [1.82, 2.24) is 5.32 Å². The lowest BCUT2D eigenvalue weighted by Crippen LogP contribution is -2.57. The fourth-order valence-corrected chi connectivity index (χ4v) is 3.59. The first kappa shape index (κ1) is 18.6. The third-order valence-corrected chi connectivity index (χ3v) is 4.86. The highest BCUT2D eigenvalue weighted by Gasteiger charge is 2.42. The van der Waals surface area contributed by atoms with Gasteiger partial charge in [-0.25, -0.2) is 9.18 Å². The maximum absolute atomic E-state index is 14.3. The third kappa shape index (κ3) is 4.00. The van der Waals surface area contributed by atoms with Crippen molar-refractivity contribution in [3.05, 3.63) is 35.4 Å². The van der Waals surface area contributed by atoms with Crippen LogP contribution in [0.25, 0.3) is 0 Å². The Morgan fingerprint density at radius 1 is 1.17 bits per heavy atom. The lowest BCUT2D eigenvalue weighted by atomic mass is 9.91. The molecule has 0 saturated carbocycles. The van der Waals surface area contributed by atoms with Crippen LogP contribution in [0.4, 0.5) is 17.6 Å². The van der Waals surface area contributed by atoms with E-state index in [0.717, 1.165) is 12.1 Å². The van der Waals surface area contributed by atoms with Gasteiger partial charge in [0.2, 0.25) is 6.17 Å². The molecule has 1 fully saturated rings. The van der Waals surface area contributed by atoms with Gasteiger partial charge in [-0.1, -0.05) is 12.1 Å². The van der Waals surface area contributed by atoms with Crippen LogP contribution in [-0.2, 0) is 15.8 Å². The van der Waals surface area contributed by atoms with Crippen molar-refractivity contribution in [3.63, 3.8) is 0 Å². The predicted octanol–water partition coefficient (Wildman–Crippen LogP) is 3.18. The second kappa shape index (κ2) is 7.00. The molecule has 1 unspecified atom stereocenters. The first-order valence-electron chi connectivity index (χ1n) is 7.10. The van der Waals surface area contributed by atoms with E-state index in [4.69, 9.17) is 0 Å². The van der Waals surface area contributed by atoms with Gasteiger partial charge in [-0.05, 0) is 42.0 Å². The molecule has 1 aromatic carbocycles. The monoisotopic (exact) mass is 365 g/mol. The van der Waals surface area contributed by atoms with Crippen LogP contribution in [0.5, 0.6) is 0 Å². The molecule has 1 aromatic rings. The summed E-state index contributed by atoms with van der Waals surface area (Å²) >= 11 is 1.54. The Labute approximate surface area is 139 Å². The van der Waals surface area contributed by atoms with Crippen LogP contribution in [0.1, 0.15) is 30.1 Å². The van der Waals surface area contributed by atoms with Crippen LogP contribution in [0, 0.1) is 0 Å². The highest BCUT2D eigenvalue weighted by Crippen LogP contribution is 2.32. The van der Waals surface area contributed by atoms with Crippen LogP contribution < -0.4 is 5.32 Å². The molecule has 2 rings (SSSR count). The van der Waals surface area contributed by atoms with Crippen LogP contribution >= 0.6 is 11.8 Å². The second-order valence-corrected chi connectivity index (χ2v) is 6.70. The van der Waals surface area contributed by atoms with E-state index in [0.29, 0.717) is 23.6 Å². The van der Waals surface area contributed by atoms with E-state index in [1.807, 2.05) is 0 Å². The minimum absolute atomic E-state index is 0.165. The molecule has 1 heterocycles. The van der Waals surface area contributed by atoms with E-state index in [-0.39, 0.29) is 18.4 Å². The Hall–Kier alpha value is -1.77. The summed E-state index contributed by atoms with van der Waals surface area (Å²) in [6.45, 7) is 0. The minimum Gasteiger partial charge on any atom is -0.480 e. The Kier molecular flexibility index (Phi) is 5.42. The number of carboxylic acids is 1. The van der Waals surface area contributed by atoms with E-state index < -0.39 is 35.3 Å². The van der Waals surface area contributed by atoms with Gasteiger partial charge in [0.25, 0.3) is 5.91 Å².